The monoisotopic (exact) mass is 371 g/mol. The van der Waals surface area contributed by atoms with Crippen molar-refractivity contribution in [2.45, 2.75) is 57.2 Å². The summed E-state index contributed by atoms with van der Waals surface area (Å²) in [7, 11) is 0. The molecule has 3 amide bonds. The fraction of sp³-hybridized carbons (Fsp3) is 0.474. The number of rotatable bonds is 4. The van der Waals surface area contributed by atoms with E-state index in [1.54, 1.807) is 23.0 Å². The van der Waals surface area contributed by atoms with E-state index in [0.29, 0.717) is 25.1 Å². The maximum absolute atomic E-state index is 13.0. The van der Waals surface area contributed by atoms with Crippen LogP contribution in [-0.2, 0) is 17.9 Å². The van der Waals surface area contributed by atoms with E-state index >= 15 is 0 Å². The number of hydrogen-bond acceptors (Lipinski definition) is 4. The minimum Gasteiger partial charge on any atom is -0.323 e. The summed E-state index contributed by atoms with van der Waals surface area (Å²) in [6, 6.07) is 5.81. The van der Waals surface area contributed by atoms with Crippen LogP contribution < -0.4 is 5.32 Å². The standard InChI is InChI=1S/C19H22FN5O2/c20-15-7-5-14(6-8-15)11-24-12-16(22-23-24)13-25-17(26)19(21-18(25)27)9-3-1-2-4-10-19/h5-8,12H,1-4,9-11,13H2,(H,21,27). The number of nitrogens with one attached hydrogen (secondary N) is 1. The van der Waals surface area contributed by atoms with Gasteiger partial charge in [-0.05, 0) is 30.5 Å². The molecule has 142 valence electrons. The van der Waals surface area contributed by atoms with E-state index < -0.39 is 5.54 Å². The molecule has 4 rings (SSSR count). The van der Waals surface area contributed by atoms with Crippen LogP contribution in [0.5, 0.6) is 0 Å². The molecule has 8 heteroatoms. The molecule has 2 heterocycles. The van der Waals surface area contributed by atoms with Crippen LogP contribution in [0.4, 0.5) is 9.18 Å². The average molecular weight is 371 g/mol. The molecule has 27 heavy (non-hydrogen) atoms. The van der Waals surface area contributed by atoms with Gasteiger partial charge in [-0.3, -0.25) is 9.69 Å². The maximum Gasteiger partial charge on any atom is 0.325 e. The number of benzene rings is 1. The molecular formula is C19H22FN5O2. The Labute approximate surface area is 156 Å². The number of aromatic nitrogens is 3. The molecule has 1 aromatic heterocycles. The third-order valence-electron chi connectivity index (χ3n) is 5.37. The Kier molecular flexibility index (Phi) is 4.63. The highest BCUT2D eigenvalue weighted by molar-refractivity contribution is 6.06. The first kappa shape index (κ1) is 17.6. The van der Waals surface area contributed by atoms with Crippen LogP contribution in [0.15, 0.2) is 30.5 Å². The summed E-state index contributed by atoms with van der Waals surface area (Å²) in [6.07, 6.45) is 7.21. The normalized spacial score (nSPS) is 19.4. The number of imide groups is 1. The highest BCUT2D eigenvalue weighted by Gasteiger charge is 2.50. The van der Waals surface area contributed by atoms with Crippen molar-refractivity contribution in [1.29, 1.82) is 0 Å². The lowest BCUT2D eigenvalue weighted by atomic mass is 9.90. The van der Waals surface area contributed by atoms with Crippen molar-refractivity contribution in [2.75, 3.05) is 0 Å². The Morgan fingerprint density at radius 1 is 1.04 bits per heavy atom. The second-order valence-corrected chi connectivity index (χ2v) is 7.35. The first-order chi connectivity index (χ1) is 13.1. The Morgan fingerprint density at radius 3 is 2.44 bits per heavy atom. The van der Waals surface area contributed by atoms with E-state index in [9.17, 15) is 14.0 Å². The van der Waals surface area contributed by atoms with Gasteiger partial charge in [0.25, 0.3) is 5.91 Å². The molecule has 1 saturated heterocycles. The number of nitrogens with zero attached hydrogens (tertiary/aromatic N) is 4. The quantitative estimate of drug-likeness (QED) is 0.838. The minimum absolute atomic E-state index is 0.107. The van der Waals surface area contributed by atoms with E-state index in [2.05, 4.69) is 15.6 Å². The molecule has 1 spiro atoms. The van der Waals surface area contributed by atoms with Crippen LogP contribution in [0, 0.1) is 5.82 Å². The van der Waals surface area contributed by atoms with Gasteiger partial charge < -0.3 is 5.32 Å². The van der Waals surface area contributed by atoms with Crippen LogP contribution in [0.3, 0.4) is 0 Å². The molecule has 1 aliphatic heterocycles. The Hall–Kier alpha value is -2.77. The predicted molar refractivity (Wildman–Crippen MR) is 95.0 cm³/mol. The van der Waals surface area contributed by atoms with Gasteiger partial charge in [-0.1, -0.05) is 43.0 Å². The Bertz CT molecular complexity index is 840. The topological polar surface area (TPSA) is 80.1 Å². The molecular weight excluding hydrogens is 349 g/mol. The second kappa shape index (κ2) is 7.09. The molecule has 0 radical (unpaired) electrons. The van der Waals surface area contributed by atoms with Gasteiger partial charge >= 0.3 is 6.03 Å². The zero-order chi connectivity index (χ0) is 18.9. The van der Waals surface area contributed by atoms with Crippen LogP contribution >= 0.6 is 0 Å². The van der Waals surface area contributed by atoms with Crippen molar-refractivity contribution in [3.63, 3.8) is 0 Å². The summed E-state index contributed by atoms with van der Waals surface area (Å²) in [4.78, 5) is 26.6. The van der Waals surface area contributed by atoms with Crippen LogP contribution in [-0.4, -0.2) is 37.4 Å². The molecule has 2 aliphatic rings. The zero-order valence-electron chi connectivity index (χ0n) is 15.0. The molecule has 1 aliphatic carbocycles. The van der Waals surface area contributed by atoms with Crippen LogP contribution in [0.25, 0.3) is 0 Å². The number of halogens is 1. The van der Waals surface area contributed by atoms with Gasteiger partial charge in [0.15, 0.2) is 0 Å². The van der Waals surface area contributed by atoms with Gasteiger partial charge in [-0.25, -0.2) is 13.9 Å². The fourth-order valence-corrected chi connectivity index (χ4v) is 3.92. The van der Waals surface area contributed by atoms with E-state index in [4.69, 9.17) is 0 Å². The van der Waals surface area contributed by atoms with Crippen molar-refractivity contribution in [1.82, 2.24) is 25.2 Å². The average Bonchev–Trinajstić information content (AvgIpc) is 3.07. The van der Waals surface area contributed by atoms with Crippen molar-refractivity contribution < 1.29 is 14.0 Å². The third kappa shape index (κ3) is 3.56. The third-order valence-corrected chi connectivity index (χ3v) is 5.37. The largest absolute Gasteiger partial charge is 0.325 e. The number of urea groups is 1. The lowest BCUT2D eigenvalue weighted by molar-refractivity contribution is -0.132. The van der Waals surface area contributed by atoms with Gasteiger partial charge in [0.05, 0.1) is 19.3 Å². The van der Waals surface area contributed by atoms with Crippen molar-refractivity contribution >= 4 is 11.9 Å². The first-order valence-electron chi connectivity index (χ1n) is 9.33. The van der Waals surface area contributed by atoms with E-state index in [0.717, 1.165) is 31.2 Å². The summed E-state index contributed by atoms with van der Waals surface area (Å²) < 4.78 is 14.6. The number of amides is 3. The second-order valence-electron chi connectivity index (χ2n) is 7.35. The van der Waals surface area contributed by atoms with Gasteiger partial charge in [0.1, 0.15) is 17.1 Å². The molecule has 1 aromatic carbocycles. The molecule has 0 bridgehead atoms. The molecule has 7 nitrogen and oxygen atoms in total. The number of carbonyl (C=O) groups excluding carboxylic acids is 2. The number of hydrogen-bond donors (Lipinski definition) is 1. The van der Waals surface area contributed by atoms with E-state index in [1.807, 2.05) is 0 Å². The Morgan fingerprint density at radius 2 is 1.74 bits per heavy atom. The van der Waals surface area contributed by atoms with E-state index in [1.165, 1.54) is 17.0 Å². The molecule has 2 fully saturated rings. The SMILES string of the molecule is O=C1NC2(CCCCCC2)C(=O)N1Cc1cn(Cc2ccc(F)cc2)nn1. The van der Waals surface area contributed by atoms with Gasteiger partial charge in [-0.2, -0.15) is 0 Å². The summed E-state index contributed by atoms with van der Waals surface area (Å²) in [5.41, 5.74) is 0.698. The summed E-state index contributed by atoms with van der Waals surface area (Å²) in [6.45, 7) is 0.549. The van der Waals surface area contributed by atoms with Crippen molar-refractivity contribution in [3.8, 4) is 0 Å². The molecule has 0 unspecified atom stereocenters. The maximum atomic E-state index is 13.0. The molecule has 1 saturated carbocycles. The Balaban J connectivity index is 1.44. The number of carbonyl (C=O) groups is 2. The molecule has 2 aromatic rings. The van der Waals surface area contributed by atoms with Gasteiger partial charge in [-0.15, -0.1) is 5.10 Å². The van der Waals surface area contributed by atoms with Crippen LogP contribution in [0.2, 0.25) is 0 Å². The smallest absolute Gasteiger partial charge is 0.323 e. The highest BCUT2D eigenvalue weighted by Crippen LogP contribution is 2.33. The zero-order valence-corrected chi connectivity index (χ0v) is 15.0. The molecule has 0 atom stereocenters. The van der Waals surface area contributed by atoms with E-state index in [-0.39, 0.29) is 24.3 Å². The highest BCUT2D eigenvalue weighted by atomic mass is 19.1. The van der Waals surface area contributed by atoms with Gasteiger partial charge in [0, 0.05) is 0 Å². The molecule has 1 N–H and O–H groups in total. The van der Waals surface area contributed by atoms with Crippen LogP contribution in [0.1, 0.15) is 49.8 Å². The lowest BCUT2D eigenvalue weighted by Crippen LogP contribution is -2.46. The summed E-state index contributed by atoms with van der Waals surface area (Å²) in [5.74, 6) is -0.438. The van der Waals surface area contributed by atoms with Crippen molar-refractivity contribution in [2.24, 2.45) is 0 Å². The lowest BCUT2D eigenvalue weighted by Gasteiger charge is -2.24. The van der Waals surface area contributed by atoms with Gasteiger partial charge in [0.2, 0.25) is 0 Å². The first-order valence-corrected chi connectivity index (χ1v) is 9.33. The van der Waals surface area contributed by atoms with Crippen molar-refractivity contribution in [3.05, 3.63) is 47.5 Å². The minimum atomic E-state index is -0.738. The summed E-state index contributed by atoms with van der Waals surface area (Å²) in [5, 5.41) is 11.1. The summed E-state index contributed by atoms with van der Waals surface area (Å²) >= 11 is 0. The fourth-order valence-electron chi connectivity index (χ4n) is 3.92. The predicted octanol–water partition coefficient (Wildman–Crippen LogP) is 2.61.